The third kappa shape index (κ3) is 3.41. The van der Waals surface area contributed by atoms with Crippen molar-refractivity contribution in [2.24, 2.45) is 0 Å². The molecule has 0 amide bonds. The number of nitro groups is 1. The summed E-state index contributed by atoms with van der Waals surface area (Å²) in [7, 11) is 0. The quantitative estimate of drug-likeness (QED) is 0.612. The number of nitrogens with zero attached hydrogens (tertiary/aromatic N) is 2. The van der Waals surface area contributed by atoms with E-state index in [1.807, 2.05) is 0 Å². The molecule has 100 valence electrons. The predicted molar refractivity (Wildman–Crippen MR) is 71.9 cm³/mol. The Morgan fingerprint density at radius 3 is 2.33 bits per heavy atom. The van der Waals surface area contributed by atoms with E-state index in [1.165, 1.54) is 6.07 Å². The number of benzene rings is 1. The Kier molecular flexibility index (Phi) is 5.52. The van der Waals surface area contributed by atoms with Crippen molar-refractivity contribution < 1.29 is 15.1 Å². The maximum Gasteiger partial charge on any atom is 0.273 e. The van der Waals surface area contributed by atoms with E-state index in [9.17, 15) is 10.1 Å². The molecular weight excluding hydrogens is 304 g/mol. The summed E-state index contributed by atoms with van der Waals surface area (Å²) in [5.41, 5.74) is 1.30. The average Bonchev–Trinajstić information content (AvgIpc) is 2.31. The van der Waals surface area contributed by atoms with Gasteiger partial charge >= 0.3 is 0 Å². The number of anilines is 1. The van der Waals surface area contributed by atoms with E-state index in [0.29, 0.717) is 23.1 Å². The number of rotatable bonds is 6. The van der Waals surface area contributed by atoms with Crippen LogP contribution in [0.2, 0.25) is 0 Å². The van der Waals surface area contributed by atoms with E-state index >= 15 is 0 Å². The molecule has 0 radical (unpaired) electrons. The van der Waals surface area contributed by atoms with Gasteiger partial charge in [-0.15, -0.1) is 0 Å². The van der Waals surface area contributed by atoms with Crippen molar-refractivity contribution in [2.75, 3.05) is 31.2 Å². The molecule has 1 aromatic carbocycles. The van der Waals surface area contributed by atoms with Gasteiger partial charge in [-0.2, -0.15) is 0 Å². The highest BCUT2D eigenvalue weighted by atomic mass is 79.9. The van der Waals surface area contributed by atoms with E-state index < -0.39 is 4.92 Å². The van der Waals surface area contributed by atoms with Crippen LogP contribution < -0.4 is 4.90 Å². The largest absolute Gasteiger partial charge is 0.395 e. The van der Waals surface area contributed by atoms with Crippen molar-refractivity contribution in [3.05, 3.63) is 32.3 Å². The number of aryl methyl sites for hydroxylation is 1. The summed E-state index contributed by atoms with van der Waals surface area (Å²) in [6.07, 6.45) is 0. The molecule has 0 saturated carbocycles. The van der Waals surface area contributed by atoms with Crippen molar-refractivity contribution in [1.29, 1.82) is 0 Å². The standard InChI is InChI=1S/C11H15BrN2O4/c1-8-6-11(13(2-4-15)3-5-16)9(12)7-10(8)14(17)18/h6-7,15-16H,2-5H2,1H3. The fourth-order valence-corrected chi connectivity index (χ4v) is 2.27. The maximum atomic E-state index is 10.8. The summed E-state index contributed by atoms with van der Waals surface area (Å²) in [4.78, 5) is 12.1. The normalized spacial score (nSPS) is 10.4. The van der Waals surface area contributed by atoms with E-state index in [-0.39, 0.29) is 18.9 Å². The summed E-state index contributed by atoms with van der Waals surface area (Å²) in [6.45, 7) is 2.27. The molecule has 0 fully saturated rings. The van der Waals surface area contributed by atoms with Gasteiger partial charge in [0.25, 0.3) is 5.69 Å². The minimum Gasteiger partial charge on any atom is -0.395 e. The number of aliphatic hydroxyl groups is 2. The van der Waals surface area contributed by atoms with E-state index in [1.54, 1.807) is 17.9 Å². The summed E-state index contributed by atoms with van der Waals surface area (Å²) in [6, 6.07) is 3.11. The predicted octanol–water partition coefficient (Wildman–Crippen LogP) is 1.46. The fraction of sp³-hybridized carbons (Fsp3) is 0.455. The van der Waals surface area contributed by atoms with Crippen LogP contribution in [0.3, 0.4) is 0 Å². The van der Waals surface area contributed by atoms with Gasteiger partial charge in [0.2, 0.25) is 0 Å². The summed E-state index contributed by atoms with van der Waals surface area (Å²) in [5.74, 6) is 0. The Morgan fingerprint density at radius 1 is 1.33 bits per heavy atom. The summed E-state index contributed by atoms with van der Waals surface area (Å²) >= 11 is 3.28. The zero-order chi connectivity index (χ0) is 13.7. The van der Waals surface area contributed by atoms with Gasteiger partial charge in [-0.1, -0.05) is 0 Å². The van der Waals surface area contributed by atoms with Gasteiger partial charge < -0.3 is 15.1 Å². The summed E-state index contributed by atoms with van der Waals surface area (Å²) in [5, 5.41) is 28.8. The van der Waals surface area contributed by atoms with Crippen LogP contribution in [0, 0.1) is 17.0 Å². The first kappa shape index (κ1) is 14.9. The molecular formula is C11H15BrN2O4. The lowest BCUT2D eigenvalue weighted by molar-refractivity contribution is -0.385. The minimum absolute atomic E-state index is 0.0403. The molecule has 0 spiro atoms. The number of nitro benzene ring substituents is 1. The molecule has 0 bridgehead atoms. The zero-order valence-corrected chi connectivity index (χ0v) is 11.6. The highest BCUT2D eigenvalue weighted by molar-refractivity contribution is 9.10. The van der Waals surface area contributed by atoms with Gasteiger partial charge in [0.15, 0.2) is 0 Å². The highest BCUT2D eigenvalue weighted by Crippen LogP contribution is 2.32. The number of aliphatic hydroxyl groups excluding tert-OH is 2. The van der Waals surface area contributed by atoms with Crippen molar-refractivity contribution in [1.82, 2.24) is 0 Å². The molecule has 0 saturated heterocycles. The topological polar surface area (TPSA) is 86.8 Å². The molecule has 1 aromatic rings. The molecule has 0 aliphatic rings. The first-order chi connectivity index (χ1) is 8.51. The Balaban J connectivity index is 3.15. The Bertz CT molecular complexity index is 433. The summed E-state index contributed by atoms with van der Waals surface area (Å²) < 4.78 is 0.571. The monoisotopic (exact) mass is 318 g/mol. The lowest BCUT2D eigenvalue weighted by Crippen LogP contribution is -2.30. The van der Waals surface area contributed by atoms with Gasteiger partial charge in [-0.25, -0.2) is 0 Å². The second-order valence-corrected chi connectivity index (χ2v) is 4.64. The molecule has 0 aromatic heterocycles. The molecule has 18 heavy (non-hydrogen) atoms. The first-order valence-corrected chi connectivity index (χ1v) is 6.21. The lowest BCUT2D eigenvalue weighted by Gasteiger charge is -2.24. The van der Waals surface area contributed by atoms with Crippen molar-refractivity contribution in [2.45, 2.75) is 6.92 Å². The molecule has 0 aliphatic heterocycles. The number of hydrogen-bond acceptors (Lipinski definition) is 5. The molecule has 0 unspecified atom stereocenters. The van der Waals surface area contributed by atoms with Crippen LogP contribution in [0.4, 0.5) is 11.4 Å². The molecule has 1 rings (SSSR count). The Labute approximate surface area is 113 Å². The van der Waals surface area contributed by atoms with Gasteiger partial charge in [0.1, 0.15) is 0 Å². The van der Waals surface area contributed by atoms with Gasteiger partial charge in [-0.3, -0.25) is 10.1 Å². The SMILES string of the molecule is Cc1cc(N(CCO)CCO)c(Br)cc1[N+](=O)[O-]. The zero-order valence-electron chi connectivity index (χ0n) is 9.97. The molecule has 2 N–H and O–H groups in total. The van der Waals surface area contributed by atoms with Crippen molar-refractivity contribution in [3.63, 3.8) is 0 Å². The molecule has 0 atom stereocenters. The van der Waals surface area contributed by atoms with Crippen LogP contribution >= 0.6 is 15.9 Å². The van der Waals surface area contributed by atoms with Crippen LogP contribution in [0.25, 0.3) is 0 Å². The van der Waals surface area contributed by atoms with Gasteiger partial charge in [0, 0.05) is 29.2 Å². The fourth-order valence-electron chi connectivity index (χ4n) is 1.69. The van der Waals surface area contributed by atoms with Crippen LogP contribution in [0.5, 0.6) is 0 Å². The second-order valence-electron chi connectivity index (χ2n) is 3.78. The minimum atomic E-state index is -0.438. The number of halogens is 1. The van der Waals surface area contributed by atoms with Crippen molar-refractivity contribution >= 4 is 27.3 Å². The third-order valence-corrected chi connectivity index (χ3v) is 3.18. The molecule has 7 heteroatoms. The van der Waals surface area contributed by atoms with Crippen LogP contribution in [-0.2, 0) is 0 Å². The third-order valence-electron chi connectivity index (χ3n) is 2.54. The van der Waals surface area contributed by atoms with E-state index in [0.717, 1.165) is 5.69 Å². The lowest BCUT2D eigenvalue weighted by atomic mass is 10.1. The van der Waals surface area contributed by atoms with Crippen LogP contribution in [0.1, 0.15) is 5.56 Å². The van der Waals surface area contributed by atoms with Gasteiger partial charge in [0.05, 0.1) is 23.8 Å². The van der Waals surface area contributed by atoms with Crippen LogP contribution in [0.15, 0.2) is 16.6 Å². The van der Waals surface area contributed by atoms with Gasteiger partial charge in [-0.05, 0) is 28.9 Å². The maximum absolute atomic E-state index is 10.8. The number of hydrogen-bond donors (Lipinski definition) is 2. The van der Waals surface area contributed by atoms with E-state index in [4.69, 9.17) is 10.2 Å². The van der Waals surface area contributed by atoms with E-state index in [2.05, 4.69) is 15.9 Å². The van der Waals surface area contributed by atoms with Crippen LogP contribution in [-0.4, -0.2) is 41.4 Å². The highest BCUT2D eigenvalue weighted by Gasteiger charge is 2.17. The Morgan fingerprint density at radius 2 is 1.89 bits per heavy atom. The Hall–Kier alpha value is -1.18. The molecule has 6 nitrogen and oxygen atoms in total. The molecule has 0 aliphatic carbocycles. The second kappa shape index (κ2) is 6.67. The molecule has 0 heterocycles. The average molecular weight is 319 g/mol. The van der Waals surface area contributed by atoms with Crippen molar-refractivity contribution in [3.8, 4) is 0 Å². The smallest absolute Gasteiger partial charge is 0.273 e. The first-order valence-electron chi connectivity index (χ1n) is 5.42.